The summed E-state index contributed by atoms with van der Waals surface area (Å²) >= 11 is 5.74. The van der Waals surface area contributed by atoms with Crippen LogP contribution in [-0.4, -0.2) is 43.4 Å². The molecule has 0 spiro atoms. The van der Waals surface area contributed by atoms with Gasteiger partial charge in [0.2, 0.25) is 5.95 Å². The lowest BCUT2D eigenvalue weighted by molar-refractivity contribution is 0.0705. The molecular weight excluding hydrogens is 244 g/mol. The standard InChI is InChI=1S/C10H17ClN4O2/c1-16-5-6-17-4-2-3-13-9-7-8(11)14-10(12)15-9/h7H,2-6H2,1H3,(H3,12,13,14,15). The fourth-order valence-electron chi connectivity index (χ4n) is 1.16. The van der Waals surface area contributed by atoms with Crippen molar-refractivity contribution in [3.63, 3.8) is 0 Å². The minimum Gasteiger partial charge on any atom is -0.382 e. The molecule has 0 atom stereocenters. The predicted molar refractivity (Wildman–Crippen MR) is 67.3 cm³/mol. The summed E-state index contributed by atoms with van der Waals surface area (Å²) < 4.78 is 10.2. The van der Waals surface area contributed by atoms with Gasteiger partial charge in [-0.1, -0.05) is 11.6 Å². The molecule has 17 heavy (non-hydrogen) atoms. The third-order valence-electron chi connectivity index (χ3n) is 1.92. The number of nitrogens with one attached hydrogen (secondary N) is 1. The molecule has 1 aromatic heterocycles. The highest BCUT2D eigenvalue weighted by molar-refractivity contribution is 6.29. The first-order valence-corrected chi connectivity index (χ1v) is 5.71. The van der Waals surface area contributed by atoms with Crippen molar-refractivity contribution in [2.45, 2.75) is 6.42 Å². The molecule has 0 aliphatic carbocycles. The molecule has 0 bridgehead atoms. The van der Waals surface area contributed by atoms with Gasteiger partial charge in [-0.2, -0.15) is 4.98 Å². The monoisotopic (exact) mass is 260 g/mol. The Morgan fingerprint density at radius 1 is 1.35 bits per heavy atom. The van der Waals surface area contributed by atoms with Crippen molar-refractivity contribution < 1.29 is 9.47 Å². The minimum absolute atomic E-state index is 0.163. The molecule has 1 rings (SSSR count). The number of ether oxygens (including phenoxy) is 2. The first-order chi connectivity index (χ1) is 8.22. The van der Waals surface area contributed by atoms with E-state index in [2.05, 4.69) is 15.3 Å². The average molecular weight is 261 g/mol. The zero-order valence-corrected chi connectivity index (χ0v) is 10.5. The first kappa shape index (κ1) is 14.0. The molecule has 6 nitrogen and oxygen atoms in total. The lowest BCUT2D eigenvalue weighted by atomic mass is 10.4. The van der Waals surface area contributed by atoms with E-state index < -0.39 is 0 Å². The zero-order valence-electron chi connectivity index (χ0n) is 9.78. The van der Waals surface area contributed by atoms with Crippen LogP contribution in [0.1, 0.15) is 6.42 Å². The smallest absolute Gasteiger partial charge is 0.223 e. The van der Waals surface area contributed by atoms with Crippen LogP contribution >= 0.6 is 11.6 Å². The maximum atomic E-state index is 5.74. The zero-order chi connectivity index (χ0) is 12.5. The average Bonchev–Trinajstić information content (AvgIpc) is 2.26. The molecule has 1 aromatic rings. The van der Waals surface area contributed by atoms with Crippen molar-refractivity contribution >= 4 is 23.4 Å². The van der Waals surface area contributed by atoms with E-state index in [4.69, 9.17) is 26.8 Å². The summed E-state index contributed by atoms with van der Waals surface area (Å²) in [5, 5.41) is 3.42. The molecule has 96 valence electrons. The molecule has 3 N–H and O–H groups in total. The number of rotatable bonds is 8. The van der Waals surface area contributed by atoms with Gasteiger partial charge in [0.05, 0.1) is 13.2 Å². The number of methoxy groups -OCH3 is 1. The van der Waals surface area contributed by atoms with Crippen LogP contribution in [0.2, 0.25) is 5.15 Å². The number of nitrogens with two attached hydrogens (primary N) is 1. The number of nitrogen functional groups attached to an aromatic ring is 1. The molecule has 0 fully saturated rings. The maximum Gasteiger partial charge on any atom is 0.223 e. The van der Waals surface area contributed by atoms with Gasteiger partial charge >= 0.3 is 0 Å². The number of nitrogens with zero attached hydrogens (tertiary/aromatic N) is 2. The molecule has 1 heterocycles. The van der Waals surface area contributed by atoms with Crippen LogP contribution in [0.4, 0.5) is 11.8 Å². The highest BCUT2D eigenvalue weighted by Crippen LogP contribution is 2.11. The molecule has 0 aromatic carbocycles. The molecule has 0 saturated heterocycles. The van der Waals surface area contributed by atoms with Crippen molar-refractivity contribution in [1.29, 1.82) is 0 Å². The van der Waals surface area contributed by atoms with Gasteiger partial charge < -0.3 is 20.5 Å². The van der Waals surface area contributed by atoms with Gasteiger partial charge in [-0.05, 0) is 6.42 Å². The highest BCUT2D eigenvalue weighted by Gasteiger charge is 1.99. The van der Waals surface area contributed by atoms with Gasteiger partial charge in [-0.25, -0.2) is 4.98 Å². The molecule has 0 saturated carbocycles. The summed E-state index contributed by atoms with van der Waals surface area (Å²) in [6.45, 7) is 2.64. The van der Waals surface area contributed by atoms with Crippen molar-refractivity contribution in [2.24, 2.45) is 0 Å². The normalized spacial score (nSPS) is 10.5. The van der Waals surface area contributed by atoms with Gasteiger partial charge in [-0.3, -0.25) is 0 Å². The van der Waals surface area contributed by atoms with Crippen molar-refractivity contribution in [3.8, 4) is 0 Å². The van der Waals surface area contributed by atoms with Crippen LogP contribution < -0.4 is 11.1 Å². The first-order valence-electron chi connectivity index (χ1n) is 5.33. The Kier molecular flexibility index (Phi) is 6.61. The summed E-state index contributed by atoms with van der Waals surface area (Å²) in [6, 6.07) is 1.63. The highest BCUT2D eigenvalue weighted by atomic mass is 35.5. The predicted octanol–water partition coefficient (Wildman–Crippen LogP) is 1.18. The molecule has 0 aliphatic rings. The van der Waals surface area contributed by atoms with Crippen LogP contribution in [0, 0.1) is 0 Å². The Bertz CT molecular complexity index is 318. The lowest BCUT2D eigenvalue weighted by Gasteiger charge is -2.06. The SMILES string of the molecule is COCCOCCCNc1cc(Cl)nc(N)n1. The van der Waals surface area contributed by atoms with Crippen LogP contribution in [0.25, 0.3) is 0 Å². The number of aromatic nitrogens is 2. The number of anilines is 2. The summed E-state index contributed by atoms with van der Waals surface area (Å²) in [7, 11) is 1.65. The van der Waals surface area contributed by atoms with Crippen LogP contribution in [0.5, 0.6) is 0 Å². The molecule has 0 amide bonds. The Balaban J connectivity index is 2.13. The van der Waals surface area contributed by atoms with Gasteiger partial charge in [0.15, 0.2) is 0 Å². The Morgan fingerprint density at radius 2 is 2.18 bits per heavy atom. The quantitative estimate of drug-likeness (QED) is 0.539. The van der Waals surface area contributed by atoms with Gasteiger partial charge in [0.25, 0.3) is 0 Å². The summed E-state index contributed by atoms with van der Waals surface area (Å²) in [5.74, 6) is 0.788. The molecular formula is C10H17ClN4O2. The Hall–Kier alpha value is -1.11. The van der Waals surface area contributed by atoms with E-state index in [9.17, 15) is 0 Å². The lowest BCUT2D eigenvalue weighted by Crippen LogP contribution is -2.10. The molecule has 0 radical (unpaired) electrons. The second-order valence-electron chi connectivity index (χ2n) is 3.32. The van der Waals surface area contributed by atoms with E-state index in [-0.39, 0.29) is 5.95 Å². The number of halogens is 1. The van der Waals surface area contributed by atoms with E-state index in [1.807, 2.05) is 0 Å². The van der Waals surface area contributed by atoms with Crippen LogP contribution in [-0.2, 0) is 9.47 Å². The summed E-state index contributed by atoms with van der Waals surface area (Å²) in [4.78, 5) is 7.76. The van der Waals surface area contributed by atoms with Crippen LogP contribution in [0.3, 0.4) is 0 Å². The maximum absolute atomic E-state index is 5.74. The number of hydrogen-bond acceptors (Lipinski definition) is 6. The Labute approximate surface area is 105 Å². The number of hydrogen-bond donors (Lipinski definition) is 2. The van der Waals surface area contributed by atoms with Gasteiger partial charge in [0.1, 0.15) is 11.0 Å². The third kappa shape index (κ3) is 6.25. The minimum atomic E-state index is 0.163. The van der Waals surface area contributed by atoms with E-state index in [1.165, 1.54) is 0 Å². The summed E-state index contributed by atoms with van der Waals surface area (Å²) in [5.41, 5.74) is 5.46. The van der Waals surface area contributed by atoms with Gasteiger partial charge in [-0.15, -0.1) is 0 Å². The topological polar surface area (TPSA) is 82.3 Å². The third-order valence-corrected chi connectivity index (χ3v) is 2.11. The van der Waals surface area contributed by atoms with E-state index in [0.717, 1.165) is 13.0 Å². The second kappa shape index (κ2) is 8.05. The fraction of sp³-hybridized carbons (Fsp3) is 0.600. The Morgan fingerprint density at radius 3 is 2.88 bits per heavy atom. The van der Waals surface area contributed by atoms with Crippen molar-refractivity contribution in [2.75, 3.05) is 44.5 Å². The van der Waals surface area contributed by atoms with E-state index >= 15 is 0 Å². The molecule has 0 unspecified atom stereocenters. The van der Waals surface area contributed by atoms with Crippen molar-refractivity contribution in [1.82, 2.24) is 9.97 Å². The van der Waals surface area contributed by atoms with E-state index in [0.29, 0.717) is 30.8 Å². The summed E-state index contributed by atoms with van der Waals surface area (Å²) in [6.07, 6.45) is 0.866. The fourth-order valence-corrected chi connectivity index (χ4v) is 1.35. The molecule has 0 aliphatic heterocycles. The largest absolute Gasteiger partial charge is 0.382 e. The second-order valence-corrected chi connectivity index (χ2v) is 3.71. The van der Waals surface area contributed by atoms with Crippen LogP contribution in [0.15, 0.2) is 6.07 Å². The van der Waals surface area contributed by atoms with Crippen molar-refractivity contribution in [3.05, 3.63) is 11.2 Å². The van der Waals surface area contributed by atoms with Gasteiger partial charge in [0, 0.05) is 26.3 Å². The molecule has 7 heteroatoms. The van der Waals surface area contributed by atoms with E-state index in [1.54, 1.807) is 13.2 Å².